The first kappa shape index (κ1) is 25.3. The maximum Gasteiger partial charge on any atom is 0.245 e. The molecule has 37 heavy (non-hydrogen) atoms. The number of aromatic nitrogens is 7. The first-order valence-electron chi connectivity index (χ1n) is 11.9. The SMILES string of the molecule is COc1ncnc(OC)c1-n1c(NS(=O)(=O)[C@@H](C)[C@H](OC)c2ncc(C)cn2)nnc1C1CC2(CC2)C1. The Morgan fingerprint density at radius 1 is 1.03 bits per heavy atom. The third-order valence-electron chi connectivity index (χ3n) is 7.19. The molecule has 0 saturated heterocycles. The highest BCUT2D eigenvalue weighted by molar-refractivity contribution is 7.93. The summed E-state index contributed by atoms with van der Waals surface area (Å²) in [7, 11) is 0.287. The molecule has 0 aromatic carbocycles. The van der Waals surface area contributed by atoms with Crippen molar-refractivity contribution in [1.82, 2.24) is 34.7 Å². The van der Waals surface area contributed by atoms with E-state index in [4.69, 9.17) is 14.2 Å². The Balaban J connectivity index is 1.54. The van der Waals surface area contributed by atoms with Crippen LogP contribution in [0.1, 0.15) is 61.8 Å². The molecule has 14 heteroatoms. The number of sulfonamides is 1. The molecular weight excluding hydrogens is 500 g/mol. The lowest BCUT2D eigenvalue weighted by Gasteiger charge is -2.35. The van der Waals surface area contributed by atoms with Crippen molar-refractivity contribution >= 4 is 16.0 Å². The number of nitrogens with one attached hydrogen (secondary N) is 1. The zero-order valence-corrected chi connectivity index (χ0v) is 22.2. The maximum atomic E-state index is 13.6. The fourth-order valence-electron chi connectivity index (χ4n) is 4.88. The van der Waals surface area contributed by atoms with Crippen LogP contribution in [0.15, 0.2) is 18.7 Å². The minimum absolute atomic E-state index is 0.0234. The first-order chi connectivity index (χ1) is 17.7. The van der Waals surface area contributed by atoms with Crippen molar-refractivity contribution in [3.8, 4) is 17.4 Å². The molecule has 0 unspecified atom stereocenters. The van der Waals surface area contributed by atoms with Crippen molar-refractivity contribution in [3.05, 3.63) is 35.9 Å². The third-order valence-corrected chi connectivity index (χ3v) is 8.89. The van der Waals surface area contributed by atoms with Gasteiger partial charge in [0.25, 0.3) is 0 Å². The molecule has 5 rings (SSSR count). The van der Waals surface area contributed by atoms with Gasteiger partial charge in [-0.05, 0) is 50.5 Å². The molecule has 0 amide bonds. The summed E-state index contributed by atoms with van der Waals surface area (Å²) in [6.45, 7) is 3.37. The molecule has 1 spiro atoms. The predicted molar refractivity (Wildman–Crippen MR) is 132 cm³/mol. The number of rotatable bonds is 10. The van der Waals surface area contributed by atoms with Crippen LogP contribution in [-0.4, -0.2) is 69.7 Å². The second-order valence-corrected chi connectivity index (χ2v) is 11.7. The van der Waals surface area contributed by atoms with Crippen LogP contribution in [0.2, 0.25) is 0 Å². The summed E-state index contributed by atoms with van der Waals surface area (Å²) in [4.78, 5) is 16.9. The Hall–Kier alpha value is -3.39. The highest BCUT2D eigenvalue weighted by Gasteiger charge is 2.55. The van der Waals surface area contributed by atoms with Crippen LogP contribution in [0.3, 0.4) is 0 Å². The minimum Gasteiger partial charge on any atom is -0.479 e. The Labute approximate surface area is 215 Å². The number of anilines is 1. The van der Waals surface area contributed by atoms with E-state index in [-0.39, 0.29) is 29.5 Å². The predicted octanol–water partition coefficient (Wildman–Crippen LogP) is 2.35. The fourth-order valence-corrected chi connectivity index (χ4v) is 6.01. The molecule has 2 fully saturated rings. The van der Waals surface area contributed by atoms with Crippen molar-refractivity contribution < 1.29 is 22.6 Å². The lowest BCUT2D eigenvalue weighted by Crippen LogP contribution is -2.34. The summed E-state index contributed by atoms with van der Waals surface area (Å²) < 4.78 is 47.8. The van der Waals surface area contributed by atoms with Gasteiger partial charge in [0.15, 0.2) is 11.5 Å². The van der Waals surface area contributed by atoms with E-state index in [0.29, 0.717) is 16.9 Å². The van der Waals surface area contributed by atoms with Gasteiger partial charge < -0.3 is 14.2 Å². The Kier molecular flexibility index (Phi) is 6.48. The molecule has 2 aliphatic rings. The van der Waals surface area contributed by atoms with Crippen molar-refractivity contribution in [2.45, 2.75) is 56.8 Å². The summed E-state index contributed by atoms with van der Waals surface area (Å²) in [5, 5.41) is 7.57. The van der Waals surface area contributed by atoms with Crippen LogP contribution in [-0.2, 0) is 14.8 Å². The molecule has 0 aliphatic heterocycles. The number of hydrogen-bond donors (Lipinski definition) is 1. The van der Waals surface area contributed by atoms with Gasteiger partial charge in [-0.2, -0.15) is 9.97 Å². The van der Waals surface area contributed by atoms with Crippen LogP contribution in [0.5, 0.6) is 11.8 Å². The van der Waals surface area contributed by atoms with E-state index in [9.17, 15) is 8.42 Å². The molecule has 1 N–H and O–H groups in total. The smallest absolute Gasteiger partial charge is 0.245 e. The Bertz CT molecular complexity index is 1360. The number of aryl methyl sites for hydroxylation is 1. The summed E-state index contributed by atoms with van der Waals surface area (Å²) >= 11 is 0. The van der Waals surface area contributed by atoms with Gasteiger partial charge in [0.2, 0.25) is 27.7 Å². The highest BCUT2D eigenvalue weighted by atomic mass is 32.2. The van der Waals surface area contributed by atoms with Crippen LogP contribution in [0.25, 0.3) is 5.69 Å². The summed E-state index contributed by atoms with van der Waals surface area (Å²) in [5.74, 6) is 1.34. The Morgan fingerprint density at radius 3 is 2.19 bits per heavy atom. The van der Waals surface area contributed by atoms with E-state index in [0.717, 1.165) is 18.4 Å². The second-order valence-electron chi connectivity index (χ2n) is 9.69. The monoisotopic (exact) mass is 530 g/mol. The number of hydrogen-bond acceptors (Lipinski definition) is 11. The van der Waals surface area contributed by atoms with E-state index < -0.39 is 21.4 Å². The van der Waals surface area contributed by atoms with Gasteiger partial charge in [-0.25, -0.2) is 18.4 Å². The van der Waals surface area contributed by atoms with Crippen LogP contribution < -0.4 is 14.2 Å². The zero-order valence-electron chi connectivity index (χ0n) is 21.4. The van der Waals surface area contributed by atoms with Crippen molar-refractivity contribution in [2.24, 2.45) is 5.41 Å². The topological polar surface area (TPSA) is 156 Å². The van der Waals surface area contributed by atoms with Gasteiger partial charge in [-0.15, -0.1) is 10.2 Å². The zero-order chi connectivity index (χ0) is 26.4. The van der Waals surface area contributed by atoms with Gasteiger partial charge in [0.05, 0.1) is 14.2 Å². The molecule has 3 aromatic rings. The van der Waals surface area contributed by atoms with E-state index in [1.165, 1.54) is 47.4 Å². The molecule has 0 radical (unpaired) electrons. The van der Waals surface area contributed by atoms with Gasteiger partial charge in [-0.1, -0.05) is 0 Å². The van der Waals surface area contributed by atoms with Crippen LogP contribution in [0.4, 0.5) is 5.95 Å². The average molecular weight is 531 g/mol. The lowest BCUT2D eigenvalue weighted by molar-refractivity contribution is 0.0949. The first-order valence-corrected chi connectivity index (χ1v) is 13.5. The molecular formula is C23H30N8O5S. The van der Waals surface area contributed by atoms with Crippen molar-refractivity contribution in [2.75, 3.05) is 26.1 Å². The molecule has 198 valence electrons. The Morgan fingerprint density at radius 2 is 1.65 bits per heavy atom. The molecule has 2 saturated carbocycles. The van der Waals surface area contributed by atoms with Gasteiger partial charge >= 0.3 is 0 Å². The molecule has 3 heterocycles. The summed E-state index contributed by atoms with van der Waals surface area (Å²) in [5.41, 5.74) is 1.56. The molecule has 3 aromatic heterocycles. The van der Waals surface area contributed by atoms with Crippen molar-refractivity contribution in [1.29, 1.82) is 0 Å². The van der Waals surface area contributed by atoms with Gasteiger partial charge in [-0.3, -0.25) is 9.29 Å². The average Bonchev–Trinajstić information content (AvgIpc) is 3.59. The van der Waals surface area contributed by atoms with E-state index in [1.807, 2.05) is 6.92 Å². The summed E-state index contributed by atoms with van der Waals surface area (Å²) in [6.07, 6.45) is 7.95. The minimum atomic E-state index is -4.06. The quantitative estimate of drug-likeness (QED) is 0.410. The number of ether oxygens (including phenoxy) is 3. The fraction of sp³-hybridized carbons (Fsp3) is 0.565. The lowest BCUT2D eigenvalue weighted by atomic mass is 9.71. The molecule has 13 nitrogen and oxygen atoms in total. The largest absolute Gasteiger partial charge is 0.479 e. The van der Waals surface area contributed by atoms with Crippen LogP contribution in [0, 0.1) is 12.3 Å². The summed E-state index contributed by atoms with van der Waals surface area (Å²) in [6, 6.07) is 0. The van der Waals surface area contributed by atoms with E-state index in [2.05, 4.69) is 34.9 Å². The van der Waals surface area contributed by atoms with Crippen molar-refractivity contribution in [3.63, 3.8) is 0 Å². The van der Waals surface area contributed by atoms with Gasteiger partial charge in [0, 0.05) is 25.4 Å². The van der Waals surface area contributed by atoms with Gasteiger partial charge in [0.1, 0.15) is 23.5 Å². The second kappa shape index (κ2) is 9.49. The molecule has 2 aliphatic carbocycles. The maximum absolute atomic E-state index is 13.6. The van der Waals surface area contributed by atoms with E-state index in [1.54, 1.807) is 17.0 Å². The number of methoxy groups -OCH3 is 3. The third kappa shape index (κ3) is 4.59. The molecule has 2 atom stereocenters. The van der Waals surface area contributed by atoms with Crippen LogP contribution >= 0.6 is 0 Å². The normalized spacial score (nSPS) is 18.2. The van der Waals surface area contributed by atoms with E-state index >= 15 is 0 Å². The number of nitrogens with zero attached hydrogens (tertiary/aromatic N) is 7. The standard InChI is InChI=1S/C23H30N8O5S/c1-13-10-24-18(25-11-13)17(34-3)14(2)37(32,33)30-22-29-28-19(15-8-23(9-15)6-7-23)31(22)16-20(35-4)26-12-27-21(16)36-5/h10-12,14-15,17H,6-9H2,1-5H3,(H,29,30)/t14-,17-/m0/s1. The molecule has 0 bridgehead atoms. The highest BCUT2D eigenvalue weighted by Crippen LogP contribution is 2.66.